The fraction of sp³-hybridized carbons (Fsp3) is 0.818. The van der Waals surface area contributed by atoms with Gasteiger partial charge in [0, 0.05) is 6.42 Å². The third-order valence-electron chi connectivity index (χ3n) is 3.14. The predicted octanol–water partition coefficient (Wildman–Crippen LogP) is 0.998. The molecule has 0 aromatic rings. The first-order chi connectivity index (χ1) is 6.81. The Morgan fingerprint density at radius 3 is 2.86 bits per heavy atom. The summed E-state index contributed by atoms with van der Waals surface area (Å²) in [6.07, 6.45) is 6.80. The molecule has 2 rings (SSSR count). The summed E-state index contributed by atoms with van der Waals surface area (Å²) in [5.74, 6) is 0. The molecule has 1 aliphatic carbocycles. The summed E-state index contributed by atoms with van der Waals surface area (Å²) in [7, 11) is 0. The summed E-state index contributed by atoms with van der Waals surface area (Å²) in [4.78, 5) is 0. The minimum atomic E-state index is -0.493. The third-order valence-corrected chi connectivity index (χ3v) is 3.14. The van der Waals surface area contributed by atoms with Crippen LogP contribution in [0.15, 0.2) is 11.6 Å². The number of ether oxygens (including phenoxy) is 1. The van der Waals surface area contributed by atoms with E-state index in [4.69, 9.17) is 9.84 Å². The van der Waals surface area contributed by atoms with Crippen LogP contribution < -0.4 is 0 Å². The molecular formula is C11H18O3. The van der Waals surface area contributed by atoms with Gasteiger partial charge in [0.15, 0.2) is 0 Å². The second kappa shape index (κ2) is 4.43. The van der Waals surface area contributed by atoms with Crippen molar-refractivity contribution < 1.29 is 14.9 Å². The summed E-state index contributed by atoms with van der Waals surface area (Å²) in [6, 6.07) is 0. The fourth-order valence-corrected chi connectivity index (χ4v) is 2.29. The molecule has 0 aromatic carbocycles. The Labute approximate surface area is 84.4 Å². The van der Waals surface area contributed by atoms with E-state index in [9.17, 15) is 5.11 Å². The van der Waals surface area contributed by atoms with Gasteiger partial charge in [-0.2, -0.15) is 0 Å². The van der Waals surface area contributed by atoms with Crippen LogP contribution in [0.5, 0.6) is 0 Å². The van der Waals surface area contributed by atoms with Gasteiger partial charge in [0.25, 0.3) is 0 Å². The van der Waals surface area contributed by atoms with Gasteiger partial charge in [0.1, 0.15) is 6.10 Å². The summed E-state index contributed by atoms with van der Waals surface area (Å²) < 4.78 is 5.59. The van der Waals surface area contributed by atoms with Gasteiger partial charge in [-0.1, -0.05) is 6.08 Å². The third kappa shape index (κ3) is 2.00. The predicted molar refractivity (Wildman–Crippen MR) is 52.9 cm³/mol. The van der Waals surface area contributed by atoms with E-state index in [0.717, 1.165) is 12.8 Å². The number of rotatable bonds is 2. The first-order valence-electron chi connectivity index (χ1n) is 5.44. The largest absolute Gasteiger partial charge is 0.394 e. The molecule has 0 saturated carbocycles. The number of allylic oxidation sites excluding steroid dienone is 1. The van der Waals surface area contributed by atoms with Crippen molar-refractivity contribution >= 4 is 0 Å². The Morgan fingerprint density at radius 2 is 2.29 bits per heavy atom. The normalized spacial score (nSPS) is 38.4. The maximum Gasteiger partial charge on any atom is 0.107 e. The molecule has 2 aliphatic rings. The summed E-state index contributed by atoms with van der Waals surface area (Å²) in [6.45, 7) is -0.0784. The lowest BCUT2D eigenvalue weighted by Crippen LogP contribution is -2.24. The number of aliphatic hydroxyl groups is 2. The van der Waals surface area contributed by atoms with E-state index in [1.165, 1.54) is 18.4 Å². The van der Waals surface area contributed by atoms with Gasteiger partial charge < -0.3 is 14.9 Å². The average molecular weight is 198 g/mol. The maximum absolute atomic E-state index is 9.58. The van der Waals surface area contributed by atoms with Gasteiger partial charge in [-0.15, -0.1) is 0 Å². The van der Waals surface area contributed by atoms with Crippen LogP contribution in [-0.2, 0) is 4.74 Å². The molecule has 0 spiro atoms. The van der Waals surface area contributed by atoms with Crippen molar-refractivity contribution in [3.8, 4) is 0 Å². The Kier molecular flexibility index (Phi) is 3.21. The quantitative estimate of drug-likeness (QED) is 0.651. The van der Waals surface area contributed by atoms with E-state index in [1.807, 2.05) is 0 Å². The Morgan fingerprint density at radius 1 is 1.43 bits per heavy atom. The SMILES string of the molecule is OC[C@H]1O[C@H](C2=CCCCC2)C[C@@H]1O. The van der Waals surface area contributed by atoms with E-state index >= 15 is 0 Å². The van der Waals surface area contributed by atoms with Crippen LogP contribution in [0.4, 0.5) is 0 Å². The first kappa shape index (κ1) is 10.1. The Bertz CT molecular complexity index is 225. The second-order valence-corrected chi connectivity index (χ2v) is 4.17. The highest BCUT2D eigenvalue weighted by molar-refractivity contribution is 5.13. The Balaban J connectivity index is 1.96. The molecule has 80 valence electrons. The van der Waals surface area contributed by atoms with Crippen molar-refractivity contribution in [1.29, 1.82) is 0 Å². The molecule has 3 heteroatoms. The van der Waals surface area contributed by atoms with Crippen molar-refractivity contribution in [3.05, 3.63) is 11.6 Å². The first-order valence-corrected chi connectivity index (χ1v) is 5.44. The lowest BCUT2D eigenvalue weighted by Gasteiger charge is -2.18. The lowest BCUT2D eigenvalue weighted by molar-refractivity contribution is -0.0140. The molecule has 0 amide bonds. The van der Waals surface area contributed by atoms with E-state index in [2.05, 4.69) is 6.08 Å². The van der Waals surface area contributed by atoms with Crippen molar-refractivity contribution in [1.82, 2.24) is 0 Å². The van der Waals surface area contributed by atoms with Gasteiger partial charge in [-0.3, -0.25) is 0 Å². The molecule has 1 fully saturated rings. The molecule has 1 aliphatic heterocycles. The Hall–Kier alpha value is -0.380. The van der Waals surface area contributed by atoms with Gasteiger partial charge in [0.05, 0.1) is 18.8 Å². The molecule has 14 heavy (non-hydrogen) atoms. The van der Waals surface area contributed by atoms with Crippen molar-refractivity contribution in [2.75, 3.05) is 6.61 Å². The molecule has 0 radical (unpaired) electrons. The standard InChI is InChI=1S/C11H18O3/c12-7-11-9(13)6-10(14-11)8-4-2-1-3-5-8/h4,9-13H,1-3,5-7H2/t9-,10-,11+/m0/s1. The highest BCUT2D eigenvalue weighted by Crippen LogP contribution is 2.30. The highest BCUT2D eigenvalue weighted by Gasteiger charge is 2.35. The highest BCUT2D eigenvalue weighted by atomic mass is 16.5. The minimum Gasteiger partial charge on any atom is -0.394 e. The number of aliphatic hydroxyl groups excluding tert-OH is 2. The molecule has 1 heterocycles. The van der Waals surface area contributed by atoms with Crippen LogP contribution in [0.2, 0.25) is 0 Å². The average Bonchev–Trinajstić information content (AvgIpc) is 2.61. The zero-order chi connectivity index (χ0) is 9.97. The molecule has 0 bridgehead atoms. The minimum absolute atomic E-state index is 0.0578. The van der Waals surface area contributed by atoms with E-state index in [-0.39, 0.29) is 18.8 Å². The van der Waals surface area contributed by atoms with Crippen LogP contribution in [0.1, 0.15) is 32.1 Å². The molecule has 0 unspecified atom stereocenters. The molecule has 3 nitrogen and oxygen atoms in total. The van der Waals surface area contributed by atoms with E-state index < -0.39 is 6.10 Å². The zero-order valence-electron chi connectivity index (χ0n) is 8.35. The molecule has 2 N–H and O–H groups in total. The lowest BCUT2D eigenvalue weighted by atomic mass is 9.93. The summed E-state index contributed by atoms with van der Waals surface area (Å²) in [5, 5.41) is 18.5. The number of hydrogen-bond acceptors (Lipinski definition) is 3. The maximum atomic E-state index is 9.58. The van der Waals surface area contributed by atoms with Crippen LogP contribution in [0.3, 0.4) is 0 Å². The monoisotopic (exact) mass is 198 g/mol. The number of hydrogen-bond donors (Lipinski definition) is 2. The van der Waals surface area contributed by atoms with Gasteiger partial charge in [-0.05, 0) is 31.3 Å². The van der Waals surface area contributed by atoms with Crippen LogP contribution in [-0.4, -0.2) is 35.1 Å². The fourth-order valence-electron chi connectivity index (χ4n) is 2.29. The second-order valence-electron chi connectivity index (χ2n) is 4.17. The van der Waals surface area contributed by atoms with E-state index in [1.54, 1.807) is 0 Å². The van der Waals surface area contributed by atoms with Crippen LogP contribution in [0, 0.1) is 0 Å². The van der Waals surface area contributed by atoms with Crippen molar-refractivity contribution in [2.45, 2.75) is 50.4 Å². The topological polar surface area (TPSA) is 49.7 Å². The molecular weight excluding hydrogens is 180 g/mol. The molecule has 3 atom stereocenters. The zero-order valence-corrected chi connectivity index (χ0v) is 8.35. The summed E-state index contributed by atoms with van der Waals surface area (Å²) >= 11 is 0. The van der Waals surface area contributed by atoms with Crippen molar-refractivity contribution in [2.24, 2.45) is 0 Å². The molecule has 0 aromatic heterocycles. The van der Waals surface area contributed by atoms with Gasteiger partial charge in [0.2, 0.25) is 0 Å². The van der Waals surface area contributed by atoms with Gasteiger partial charge in [-0.25, -0.2) is 0 Å². The van der Waals surface area contributed by atoms with Crippen LogP contribution in [0.25, 0.3) is 0 Å². The summed E-state index contributed by atoms with van der Waals surface area (Å²) in [5.41, 5.74) is 1.33. The smallest absolute Gasteiger partial charge is 0.107 e. The van der Waals surface area contributed by atoms with Gasteiger partial charge >= 0.3 is 0 Å². The van der Waals surface area contributed by atoms with E-state index in [0.29, 0.717) is 6.42 Å². The molecule has 1 saturated heterocycles. The van der Waals surface area contributed by atoms with Crippen molar-refractivity contribution in [3.63, 3.8) is 0 Å². The van der Waals surface area contributed by atoms with Crippen LogP contribution >= 0.6 is 0 Å².